The second-order valence-electron chi connectivity index (χ2n) is 11.6. The number of likely N-dealkylation sites (tertiary alicyclic amines) is 1. The Labute approximate surface area is 210 Å². The molecule has 196 valence electrons. The van der Waals surface area contributed by atoms with Crippen LogP contribution in [0, 0.1) is 11.8 Å². The van der Waals surface area contributed by atoms with E-state index in [4.69, 9.17) is 4.74 Å². The molecule has 2 fully saturated rings. The van der Waals surface area contributed by atoms with Crippen molar-refractivity contribution in [3.8, 4) is 11.5 Å². The molecule has 35 heavy (non-hydrogen) atoms. The monoisotopic (exact) mass is 488 g/mol. The number of hydrogen-bond donors (Lipinski definition) is 3. The Kier molecular flexibility index (Phi) is 9.08. The third-order valence-corrected chi connectivity index (χ3v) is 7.31. The van der Waals surface area contributed by atoms with Gasteiger partial charge in [0.15, 0.2) is 0 Å². The Morgan fingerprint density at radius 2 is 1.66 bits per heavy atom. The molecule has 2 aliphatic rings. The van der Waals surface area contributed by atoms with E-state index in [1.807, 2.05) is 34.6 Å². The molecule has 7 heteroatoms. The van der Waals surface area contributed by atoms with E-state index in [-0.39, 0.29) is 40.9 Å². The maximum Gasteiger partial charge on any atom is 0.323 e. The summed E-state index contributed by atoms with van der Waals surface area (Å²) in [6.45, 7) is 11.5. The number of carbonyl (C=O) groups excluding carboxylic acids is 2. The van der Waals surface area contributed by atoms with Crippen molar-refractivity contribution in [2.45, 2.75) is 97.1 Å². The van der Waals surface area contributed by atoms with E-state index in [1.54, 1.807) is 11.0 Å². The molecule has 1 amide bonds. The third-order valence-electron chi connectivity index (χ3n) is 7.31. The Morgan fingerprint density at radius 3 is 2.23 bits per heavy atom. The van der Waals surface area contributed by atoms with Gasteiger partial charge in [-0.05, 0) is 82.4 Å². The molecule has 3 rings (SSSR count). The van der Waals surface area contributed by atoms with E-state index < -0.39 is 5.60 Å². The van der Waals surface area contributed by atoms with Gasteiger partial charge < -0.3 is 25.2 Å². The number of nitrogens with one attached hydrogen (secondary N) is 1. The largest absolute Gasteiger partial charge is 0.508 e. The van der Waals surface area contributed by atoms with Crippen molar-refractivity contribution in [3.63, 3.8) is 0 Å². The van der Waals surface area contributed by atoms with Crippen LogP contribution < -0.4 is 5.32 Å². The number of piperidine rings is 1. The lowest BCUT2D eigenvalue weighted by molar-refractivity contribution is -0.159. The van der Waals surface area contributed by atoms with Crippen LogP contribution in [-0.2, 0) is 9.53 Å². The van der Waals surface area contributed by atoms with E-state index >= 15 is 0 Å². The summed E-state index contributed by atoms with van der Waals surface area (Å²) in [5.41, 5.74) is 0.388. The molecule has 7 nitrogen and oxygen atoms in total. The third kappa shape index (κ3) is 7.35. The Morgan fingerprint density at radius 1 is 1.03 bits per heavy atom. The maximum atomic E-state index is 13.1. The zero-order valence-corrected chi connectivity index (χ0v) is 22.1. The van der Waals surface area contributed by atoms with Gasteiger partial charge in [-0.25, -0.2) is 0 Å². The standard InChI is InChI=1S/C28H44N2O5/c1-18(2)21-15-22(24(32)16-23(21)31)26(33)30-13-11-19(12-14-30)17-29-25(20-9-7-6-8-10-20)27(34)35-28(3,4)5/h15-16,18-20,25,29,31-32H,6-14,17H2,1-5H3/t25-/m0/s1. The predicted molar refractivity (Wildman–Crippen MR) is 137 cm³/mol. The van der Waals surface area contributed by atoms with E-state index in [0.717, 1.165) is 45.1 Å². The van der Waals surface area contributed by atoms with Gasteiger partial charge in [0, 0.05) is 19.2 Å². The second-order valence-corrected chi connectivity index (χ2v) is 11.6. The highest BCUT2D eigenvalue weighted by atomic mass is 16.6. The Bertz CT molecular complexity index is 878. The van der Waals surface area contributed by atoms with Crippen LogP contribution in [0.2, 0.25) is 0 Å². The molecule has 1 aliphatic carbocycles. The van der Waals surface area contributed by atoms with Crippen LogP contribution in [0.3, 0.4) is 0 Å². The summed E-state index contributed by atoms with van der Waals surface area (Å²) in [6.07, 6.45) is 7.33. The van der Waals surface area contributed by atoms with Crippen LogP contribution in [0.5, 0.6) is 11.5 Å². The zero-order chi connectivity index (χ0) is 25.8. The number of hydrogen-bond acceptors (Lipinski definition) is 6. The van der Waals surface area contributed by atoms with Gasteiger partial charge in [0.25, 0.3) is 5.91 Å². The Balaban J connectivity index is 1.58. The van der Waals surface area contributed by atoms with Gasteiger partial charge in [0.05, 0.1) is 5.56 Å². The van der Waals surface area contributed by atoms with Crippen LogP contribution in [-0.4, -0.2) is 58.3 Å². The molecule has 1 atom stereocenters. The normalized spacial score (nSPS) is 19.1. The number of benzene rings is 1. The number of ether oxygens (including phenoxy) is 1. The zero-order valence-electron chi connectivity index (χ0n) is 22.1. The van der Waals surface area contributed by atoms with Gasteiger partial charge in [-0.1, -0.05) is 33.1 Å². The number of rotatable bonds is 7. The smallest absolute Gasteiger partial charge is 0.323 e. The first-order valence-corrected chi connectivity index (χ1v) is 13.3. The molecule has 0 radical (unpaired) electrons. The Hall–Kier alpha value is -2.28. The van der Waals surface area contributed by atoms with Crippen molar-refractivity contribution in [2.75, 3.05) is 19.6 Å². The summed E-state index contributed by atoms with van der Waals surface area (Å²) < 4.78 is 5.74. The minimum atomic E-state index is -0.507. The predicted octanol–water partition coefficient (Wildman–Crippen LogP) is 4.95. The molecule has 1 aromatic rings. The van der Waals surface area contributed by atoms with Crippen LogP contribution in [0.4, 0.5) is 0 Å². The van der Waals surface area contributed by atoms with Gasteiger partial charge in [0.2, 0.25) is 0 Å². The molecule has 3 N–H and O–H groups in total. The lowest BCUT2D eigenvalue weighted by Gasteiger charge is -2.35. The number of phenolic OH excluding ortho intramolecular Hbond substituents is 2. The van der Waals surface area contributed by atoms with Crippen LogP contribution in [0.1, 0.15) is 101 Å². The molecule has 1 saturated carbocycles. The van der Waals surface area contributed by atoms with Gasteiger partial charge in [-0.2, -0.15) is 0 Å². The minimum absolute atomic E-state index is 0.0105. The molecule has 1 heterocycles. The van der Waals surface area contributed by atoms with Crippen molar-refractivity contribution in [3.05, 3.63) is 23.3 Å². The second kappa shape index (κ2) is 11.6. The average molecular weight is 489 g/mol. The van der Waals surface area contributed by atoms with Crippen LogP contribution >= 0.6 is 0 Å². The number of nitrogens with zero attached hydrogens (tertiary/aromatic N) is 1. The van der Waals surface area contributed by atoms with Gasteiger partial charge in [-0.3, -0.25) is 9.59 Å². The number of aromatic hydroxyl groups is 2. The quantitative estimate of drug-likeness (QED) is 0.470. The van der Waals surface area contributed by atoms with Gasteiger partial charge in [0.1, 0.15) is 23.1 Å². The van der Waals surface area contributed by atoms with Crippen molar-refractivity contribution < 1.29 is 24.5 Å². The minimum Gasteiger partial charge on any atom is -0.508 e. The SMILES string of the molecule is CC(C)c1cc(C(=O)N2CCC(CN[C@H](C(=O)OC(C)(C)C)C3CCCCC3)CC2)c(O)cc1O. The summed E-state index contributed by atoms with van der Waals surface area (Å²) >= 11 is 0. The van der Waals surface area contributed by atoms with E-state index in [9.17, 15) is 19.8 Å². The fourth-order valence-electron chi connectivity index (χ4n) is 5.31. The molecule has 0 bridgehead atoms. The fourth-order valence-corrected chi connectivity index (χ4v) is 5.31. The number of phenols is 2. The highest BCUT2D eigenvalue weighted by molar-refractivity contribution is 5.97. The fraction of sp³-hybridized carbons (Fsp3) is 0.714. The molecule has 1 aromatic carbocycles. The van der Waals surface area contributed by atoms with Crippen LogP contribution in [0.25, 0.3) is 0 Å². The molecular weight excluding hydrogens is 444 g/mol. The maximum absolute atomic E-state index is 13.1. The van der Waals surface area contributed by atoms with Crippen LogP contribution in [0.15, 0.2) is 12.1 Å². The summed E-state index contributed by atoms with van der Waals surface area (Å²) in [7, 11) is 0. The number of esters is 1. The molecule has 1 aliphatic heterocycles. The van der Waals surface area contributed by atoms with E-state index in [1.165, 1.54) is 12.5 Å². The first-order chi connectivity index (χ1) is 16.5. The molecule has 0 unspecified atom stereocenters. The summed E-state index contributed by atoms with van der Waals surface area (Å²) in [4.78, 5) is 27.9. The van der Waals surface area contributed by atoms with Gasteiger partial charge in [-0.15, -0.1) is 0 Å². The van der Waals surface area contributed by atoms with Crippen molar-refractivity contribution in [2.24, 2.45) is 11.8 Å². The average Bonchev–Trinajstić information content (AvgIpc) is 2.78. The highest BCUT2D eigenvalue weighted by Gasteiger charge is 2.34. The van der Waals surface area contributed by atoms with E-state index in [0.29, 0.717) is 30.5 Å². The molecule has 0 spiro atoms. The lowest BCUT2D eigenvalue weighted by atomic mass is 9.83. The van der Waals surface area contributed by atoms with Crippen molar-refractivity contribution >= 4 is 11.9 Å². The first-order valence-electron chi connectivity index (χ1n) is 13.3. The van der Waals surface area contributed by atoms with E-state index in [2.05, 4.69) is 5.32 Å². The van der Waals surface area contributed by atoms with Gasteiger partial charge >= 0.3 is 5.97 Å². The number of carbonyl (C=O) groups is 2. The molecule has 1 saturated heterocycles. The molecule has 0 aromatic heterocycles. The molecular formula is C28H44N2O5. The van der Waals surface area contributed by atoms with Crippen molar-refractivity contribution in [1.82, 2.24) is 10.2 Å². The summed E-state index contributed by atoms with van der Waals surface area (Å²) in [6, 6.07) is 2.60. The first kappa shape index (κ1) is 27.3. The summed E-state index contributed by atoms with van der Waals surface area (Å²) in [5, 5.41) is 23.9. The number of amides is 1. The highest BCUT2D eigenvalue weighted by Crippen LogP contribution is 2.34. The summed E-state index contributed by atoms with van der Waals surface area (Å²) in [5.74, 6) is 0.191. The lowest BCUT2D eigenvalue weighted by Crippen LogP contribution is -2.49. The topological polar surface area (TPSA) is 99.1 Å². The van der Waals surface area contributed by atoms with Crippen molar-refractivity contribution in [1.29, 1.82) is 0 Å².